The molecule has 0 atom stereocenters. The van der Waals surface area contributed by atoms with E-state index in [-0.39, 0.29) is 24.1 Å². The highest BCUT2D eigenvalue weighted by Gasteiger charge is 2.30. The zero-order valence-electron chi connectivity index (χ0n) is 17.6. The number of rotatable bonds is 9. The minimum absolute atomic E-state index is 0.0835. The summed E-state index contributed by atoms with van der Waals surface area (Å²) in [5.74, 6) is -0.104. The number of hydrogen-bond donors (Lipinski definition) is 2. The number of carbonyl (C=O) groups is 1. The molecular formula is C22H27N3O5S. The molecule has 1 amide bonds. The van der Waals surface area contributed by atoms with E-state index in [0.29, 0.717) is 36.6 Å². The minimum atomic E-state index is -3.62. The normalized spacial score (nSPS) is 15.0. The monoisotopic (exact) mass is 445 g/mol. The van der Waals surface area contributed by atoms with Gasteiger partial charge in [-0.3, -0.25) is 4.79 Å². The molecule has 0 saturated heterocycles. The fraction of sp³-hybridized carbons (Fsp3) is 0.364. The van der Waals surface area contributed by atoms with Crippen LogP contribution in [0.5, 0.6) is 5.75 Å². The second-order valence-corrected chi connectivity index (χ2v) is 9.59. The lowest BCUT2D eigenvalue weighted by Gasteiger charge is -2.25. The summed E-state index contributed by atoms with van der Waals surface area (Å²) in [6.45, 7) is 4.88. The van der Waals surface area contributed by atoms with Crippen LogP contribution in [0.2, 0.25) is 0 Å². The summed E-state index contributed by atoms with van der Waals surface area (Å²) in [6.07, 6.45) is 0. The number of nitrogens with two attached hydrogens (primary N) is 1. The molecule has 1 aliphatic rings. The molecule has 3 rings (SSSR count). The molecule has 0 fully saturated rings. The van der Waals surface area contributed by atoms with Gasteiger partial charge in [0, 0.05) is 6.54 Å². The molecule has 0 aromatic heterocycles. The van der Waals surface area contributed by atoms with E-state index in [1.165, 1.54) is 0 Å². The highest BCUT2D eigenvalue weighted by atomic mass is 32.2. The third-order valence-corrected chi connectivity index (χ3v) is 5.94. The lowest BCUT2D eigenvalue weighted by molar-refractivity contribution is -0.131. The molecule has 31 heavy (non-hydrogen) atoms. The van der Waals surface area contributed by atoms with E-state index in [1.807, 2.05) is 30.3 Å². The molecule has 2 aromatic carbocycles. The van der Waals surface area contributed by atoms with Crippen molar-refractivity contribution < 1.29 is 22.7 Å². The SMILES string of the molecule is CC(C)(COc1cccc2c1C(N)=NS(=O)(=O)C2)C(=O)NCCOCc1ccccc1. The predicted molar refractivity (Wildman–Crippen MR) is 118 cm³/mol. The summed E-state index contributed by atoms with van der Waals surface area (Å²) in [5.41, 5.74) is 7.10. The number of nitrogens with zero attached hydrogens (tertiary/aromatic N) is 1. The van der Waals surface area contributed by atoms with Crippen molar-refractivity contribution in [3.8, 4) is 5.75 Å². The average Bonchev–Trinajstić information content (AvgIpc) is 2.71. The summed E-state index contributed by atoms with van der Waals surface area (Å²) >= 11 is 0. The number of fused-ring (bicyclic) bond motifs is 1. The van der Waals surface area contributed by atoms with E-state index >= 15 is 0 Å². The van der Waals surface area contributed by atoms with E-state index < -0.39 is 15.4 Å². The smallest absolute Gasteiger partial charge is 0.259 e. The van der Waals surface area contributed by atoms with Crippen LogP contribution in [0.3, 0.4) is 0 Å². The van der Waals surface area contributed by atoms with Gasteiger partial charge in [-0.25, -0.2) is 8.42 Å². The molecule has 9 heteroatoms. The average molecular weight is 446 g/mol. The van der Waals surface area contributed by atoms with Crippen molar-refractivity contribution in [1.82, 2.24) is 5.32 Å². The van der Waals surface area contributed by atoms with Crippen LogP contribution in [-0.4, -0.2) is 39.9 Å². The van der Waals surface area contributed by atoms with Gasteiger partial charge in [0.2, 0.25) is 5.91 Å². The zero-order valence-corrected chi connectivity index (χ0v) is 18.4. The van der Waals surface area contributed by atoms with Crippen molar-refractivity contribution in [3.63, 3.8) is 0 Å². The van der Waals surface area contributed by atoms with Crippen molar-refractivity contribution in [3.05, 3.63) is 65.2 Å². The van der Waals surface area contributed by atoms with Gasteiger partial charge in [-0.1, -0.05) is 42.5 Å². The Balaban J connectivity index is 1.51. The minimum Gasteiger partial charge on any atom is -0.492 e. The van der Waals surface area contributed by atoms with Crippen LogP contribution in [0.4, 0.5) is 0 Å². The van der Waals surface area contributed by atoms with Crippen molar-refractivity contribution in [1.29, 1.82) is 0 Å². The number of carbonyl (C=O) groups excluding carboxylic acids is 1. The topological polar surface area (TPSA) is 120 Å². The van der Waals surface area contributed by atoms with E-state index in [0.717, 1.165) is 5.56 Å². The van der Waals surface area contributed by atoms with Crippen LogP contribution in [-0.2, 0) is 31.9 Å². The molecule has 8 nitrogen and oxygen atoms in total. The first-order valence-corrected chi connectivity index (χ1v) is 11.5. The summed E-state index contributed by atoms with van der Waals surface area (Å²) in [7, 11) is -3.62. The lowest BCUT2D eigenvalue weighted by atomic mass is 9.93. The first-order chi connectivity index (χ1) is 14.7. The third-order valence-electron chi connectivity index (χ3n) is 4.79. The molecule has 3 N–H and O–H groups in total. The number of amidine groups is 1. The maximum atomic E-state index is 12.6. The number of benzene rings is 2. The van der Waals surface area contributed by atoms with E-state index in [9.17, 15) is 13.2 Å². The van der Waals surface area contributed by atoms with Crippen molar-refractivity contribution in [2.75, 3.05) is 19.8 Å². The van der Waals surface area contributed by atoms with Gasteiger partial charge in [0.25, 0.3) is 10.0 Å². The van der Waals surface area contributed by atoms with Crippen molar-refractivity contribution >= 4 is 21.8 Å². The van der Waals surface area contributed by atoms with Gasteiger partial charge in [-0.15, -0.1) is 4.40 Å². The number of hydrogen-bond acceptors (Lipinski definition) is 6. The van der Waals surface area contributed by atoms with Gasteiger partial charge >= 0.3 is 0 Å². The van der Waals surface area contributed by atoms with Crippen LogP contribution >= 0.6 is 0 Å². The van der Waals surface area contributed by atoms with Crippen LogP contribution in [0.15, 0.2) is 52.9 Å². The predicted octanol–water partition coefficient (Wildman–Crippen LogP) is 1.97. The van der Waals surface area contributed by atoms with Gasteiger partial charge in [0.05, 0.1) is 29.9 Å². The molecular weight excluding hydrogens is 418 g/mol. The van der Waals surface area contributed by atoms with Gasteiger partial charge in [-0.05, 0) is 31.0 Å². The van der Waals surface area contributed by atoms with Crippen molar-refractivity contribution in [2.24, 2.45) is 15.5 Å². The summed E-state index contributed by atoms with van der Waals surface area (Å²) in [4.78, 5) is 12.6. The van der Waals surface area contributed by atoms with Gasteiger partial charge in [0.1, 0.15) is 18.2 Å². The Morgan fingerprint density at radius 3 is 2.65 bits per heavy atom. The molecule has 0 saturated carbocycles. The molecule has 0 bridgehead atoms. The number of sulfonamides is 1. The maximum Gasteiger partial charge on any atom is 0.259 e. The molecule has 1 aliphatic heterocycles. The Kier molecular flexibility index (Phi) is 6.97. The molecule has 1 heterocycles. The molecule has 0 radical (unpaired) electrons. The highest BCUT2D eigenvalue weighted by molar-refractivity contribution is 7.89. The maximum absolute atomic E-state index is 12.6. The summed E-state index contributed by atoms with van der Waals surface area (Å²) in [6, 6.07) is 14.9. The first-order valence-electron chi connectivity index (χ1n) is 9.91. The summed E-state index contributed by atoms with van der Waals surface area (Å²) < 4.78 is 38.6. The molecule has 0 aliphatic carbocycles. The Hall–Kier alpha value is -2.91. The van der Waals surface area contributed by atoms with E-state index in [1.54, 1.807) is 32.0 Å². The van der Waals surface area contributed by atoms with Gasteiger partial charge in [0.15, 0.2) is 0 Å². The Morgan fingerprint density at radius 2 is 1.90 bits per heavy atom. The van der Waals surface area contributed by atoms with Crippen LogP contribution in [0.1, 0.15) is 30.5 Å². The Bertz CT molecular complexity index is 1070. The molecule has 0 unspecified atom stereocenters. The lowest BCUT2D eigenvalue weighted by Crippen LogP contribution is -2.42. The highest BCUT2D eigenvalue weighted by Crippen LogP contribution is 2.29. The third kappa shape index (κ3) is 6.05. The largest absolute Gasteiger partial charge is 0.492 e. The summed E-state index contributed by atoms with van der Waals surface area (Å²) in [5, 5.41) is 2.86. The fourth-order valence-corrected chi connectivity index (χ4v) is 4.19. The standard InChI is InChI=1S/C22H27N3O5S/c1-22(2,21(26)24-11-12-29-13-16-7-4-3-5-8-16)15-30-18-10-6-9-17-14-31(27,28)25-20(23)19(17)18/h3-10H,11-15H2,1-2H3,(H2,23,25)(H,24,26). The Morgan fingerprint density at radius 1 is 1.16 bits per heavy atom. The van der Waals surface area contributed by atoms with Crippen LogP contribution < -0.4 is 15.8 Å². The number of amides is 1. The van der Waals surface area contributed by atoms with Crippen molar-refractivity contribution in [2.45, 2.75) is 26.2 Å². The Labute approximate surface area is 182 Å². The molecule has 2 aromatic rings. The van der Waals surface area contributed by atoms with Gasteiger partial charge < -0.3 is 20.5 Å². The number of ether oxygens (including phenoxy) is 2. The van der Waals surface area contributed by atoms with E-state index in [4.69, 9.17) is 15.2 Å². The molecule has 0 spiro atoms. The zero-order chi connectivity index (χ0) is 22.5. The quantitative estimate of drug-likeness (QED) is 0.570. The van der Waals surface area contributed by atoms with Gasteiger partial charge in [-0.2, -0.15) is 0 Å². The molecule has 166 valence electrons. The second-order valence-electron chi connectivity index (χ2n) is 7.96. The number of nitrogens with one attached hydrogen (secondary N) is 1. The van der Waals surface area contributed by atoms with Crippen LogP contribution in [0.25, 0.3) is 0 Å². The fourth-order valence-electron chi connectivity index (χ4n) is 3.10. The van der Waals surface area contributed by atoms with E-state index in [2.05, 4.69) is 9.71 Å². The second kappa shape index (κ2) is 9.49. The van der Waals surface area contributed by atoms with Crippen LogP contribution in [0, 0.1) is 5.41 Å². The first kappa shape index (κ1) is 22.8.